The summed E-state index contributed by atoms with van der Waals surface area (Å²) in [7, 11) is 1.74. The molecule has 134 valence electrons. The molecular formula is C20H31NO3. The quantitative estimate of drug-likeness (QED) is 0.706. The maximum absolute atomic E-state index is 12.1. The van der Waals surface area contributed by atoms with Crippen LogP contribution in [0.15, 0.2) is 30.3 Å². The summed E-state index contributed by atoms with van der Waals surface area (Å²) >= 11 is 0. The fraction of sp³-hybridized carbons (Fsp3) is 0.650. The molecule has 0 aliphatic heterocycles. The summed E-state index contributed by atoms with van der Waals surface area (Å²) in [6.45, 7) is 7.77. The van der Waals surface area contributed by atoms with Gasteiger partial charge in [0, 0.05) is 37.5 Å². The SMILES string of the molecule is CO[C@@H]1[C@@H](C)[C@H](NC(=O)CCCOCCc2ccccc2)C1(C)C. The minimum Gasteiger partial charge on any atom is -0.381 e. The van der Waals surface area contributed by atoms with Gasteiger partial charge in [-0.05, 0) is 18.4 Å². The van der Waals surface area contributed by atoms with Crippen LogP contribution in [-0.4, -0.2) is 38.4 Å². The fourth-order valence-corrected chi connectivity index (χ4v) is 3.94. The number of benzene rings is 1. The van der Waals surface area contributed by atoms with Gasteiger partial charge in [-0.25, -0.2) is 0 Å². The fourth-order valence-electron chi connectivity index (χ4n) is 3.94. The predicted molar refractivity (Wildman–Crippen MR) is 95.9 cm³/mol. The highest BCUT2D eigenvalue weighted by Gasteiger charge is 2.55. The molecule has 3 atom stereocenters. The third-order valence-electron chi connectivity index (χ3n) is 5.18. The molecule has 0 saturated heterocycles. The number of amides is 1. The van der Waals surface area contributed by atoms with Crippen LogP contribution in [0.1, 0.15) is 39.2 Å². The minimum absolute atomic E-state index is 0.00396. The van der Waals surface area contributed by atoms with Crippen molar-refractivity contribution in [1.82, 2.24) is 5.32 Å². The molecule has 1 aliphatic carbocycles. The van der Waals surface area contributed by atoms with Crippen LogP contribution in [0.2, 0.25) is 0 Å². The van der Waals surface area contributed by atoms with E-state index in [0.717, 1.165) is 12.8 Å². The second kappa shape index (κ2) is 8.63. The molecule has 1 aliphatic rings. The highest BCUT2D eigenvalue weighted by Crippen LogP contribution is 2.46. The topological polar surface area (TPSA) is 47.6 Å². The van der Waals surface area contributed by atoms with Gasteiger partial charge in [-0.1, -0.05) is 51.1 Å². The number of methoxy groups -OCH3 is 1. The van der Waals surface area contributed by atoms with Crippen LogP contribution in [0.5, 0.6) is 0 Å². The maximum Gasteiger partial charge on any atom is 0.220 e. The van der Waals surface area contributed by atoms with Crippen LogP contribution in [-0.2, 0) is 20.7 Å². The van der Waals surface area contributed by atoms with Crippen molar-refractivity contribution in [2.24, 2.45) is 11.3 Å². The Hall–Kier alpha value is -1.39. The first kappa shape index (κ1) is 18.9. The lowest BCUT2D eigenvalue weighted by Crippen LogP contribution is -2.67. The smallest absolute Gasteiger partial charge is 0.220 e. The lowest BCUT2D eigenvalue weighted by atomic mass is 9.58. The Morgan fingerprint density at radius 3 is 2.54 bits per heavy atom. The van der Waals surface area contributed by atoms with Gasteiger partial charge in [0.05, 0.1) is 12.7 Å². The van der Waals surface area contributed by atoms with E-state index >= 15 is 0 Å². The summed E-state index contributed by atoms with van der Waals surface area (Å²) in [5.74, 6) is 0.470. The highest BCUT2D eigenvalue weighted by atomic mass is 16.5. The number of rotatable bonds is 9. The lowest BCUT2D eigenvalue weighted by molar-refractivity contribution is -0.154. The van der Waals surface area contributed by atoms with E-state index in [1.807, 2.05) is 18.2 Å². The molecule has 0 unspecified atom stereocenters. The van der Waals surface area contributed by atoms with E-state index in [1.165, 1.54) is 5.56 Å². The van der Waals surface area contributed by atoms with Crippen molar-refractivity contribution in [3.63, 3.8) is 0 Å². The Bertz CT molecular complexity index is 515. The zero-order valence-electron chi connectivity index (χ0n) is 15.4. The van der Waals surface area contributed by atoms with Crippen LogP contribution in [0.25, 0.3) is 0 Å². The third-order valence-corrected chi connectivity index (χ3v) is 5.18. The first-order valence-electron chi connectivity index (χ1n) is 8.90. The van der Waals surface area contributed by atoms with Crippen LogP contribution < -0.4 is 5.32 Å². The van der Waals surface area contributed by atoms with Gasteiger partial charge in [0.25, 0.3) is 0 Å². The van der Waals surface area contributed by atoms with Gasteiger partial charge < -0.3 is 14.8 Å². The molecule has 1 aromatic rings. The standard InChI is InChI=1S/C20H31NO3/c1-15-18(20(2,3)19(15)23-4)21-17(22)11-8-13-24-14-12-16-9-6-5-7-10-16/h5-7,9-10,15,18-19H,8,11-14H2,1-4H3,(H,21,22)/t15-,18-,19+/m0/s1. The summed E-state index contributed by atoms with van der Waals surface area (Å²) in [4.78, 5) is 12.1. The molecule has 24 heavy (non-hydrogen) atoms. The molecule has 0 spiro atoms. The summed E-state index contributed by atoms with van der Waals surface area (Å²) < 4.78 is 11.1. The van der Waals surface area contributed by atoms with Crippen molar-refractivity contribution >= 4 is 5.91 Å². The molecule has 1 N–H and O–H groups in total. The molecule has 4 nitrogen and oxygen atoms in total. The Morgan fingerprint density at radius 1 is 1.21 bits per heavy atom. The molecular weight excluding hydrogens is 302 g/mol. The Balaban J connectivity index is 1.57. The van der Waals surface area contributed by atoms with E-state index in [4.69, 9.17) is 9.47 Å². The normalized spacial score (nSPS) is 25.1. The lowest BCUT2D eigenvalue weighted by Gasteiger charge is -2.56. The number of ether oxygens (including phenoxy) is 2. The van der Waals surface area contributed by atoms with Gasteiger partial charge in [-0.2, -0.15) is 0 Å². The van der Waals surface area contributed by atoms with Crippen LogP contribution in [0, 0.1) is 11.3 Å². The third kappa shape index (κ3) is 4.58. The average molecular weight is 333 g/mol. The first-order chi connectivity index (χ1) is 11.5. The van der Waals surface area contributed by atoms with Gasteiger partial charge >= 0.3 is 0 Å². The van der Waals surface area contributed by atoms with Crippen molar-refractivity contribution in [2.75, 3.05) is 20.3 Å². The average Bonchev–Trinajstić information content (AvgIpc) is 2.57. The Morgan fingerprint density at radius 2 is 1.92 bits per heavy atom. The molecule has 2 rings (SSSR count). The molecule has 0 bridgehead atoms. The van der Waals surface area contributed by atoms with E-state index < -0.39 is 0 Å². The minimum atomic E-state index is -0.00396. The van der Waals surface area contributed by atoms with Crippen molar-refractivity contribution in [2.45, 2.75) is 52.2 Å². The van der Waals surface area contributed by atoms with E-state index in [2.05, 4.69) is 38.2 Å². The summed E-state index contributed by atoms with van der Waals surface area (Å²) in [6, 6.07) is 10.5. The zero-order valence-corrected chi connectivity index (χ0v) is 15.4. The van der Waals surface area contributed by atoms with Crippen molar-refractivity contribution in [3.05, 3.63) is 35.9 Å². The van der Waals surface area contributed by atoms with Gasteiger partial charge in [0.15, 0.2) is 0 Å². The first-order valence-corrected chi connectivity index (χ1v) is 8.90. The van der Waals surface area contributed by atoms with Gasteiger partial charge in [-0.15, -0.1) is 0 Å². The molecule has 0 heterocycles. The summed E-state index contributed by atoms with van der Waals surface area (Å²) in [5.41, 5.74) is 1.28. The molecule has 1 fully saturated rings. The van der Waals surface area contributed by atoms with Crippen molar-refractivity contribution < 1.29 is 14.3 Å². The largest absolute Gasteiger partial charge is 0.381 e. The van der Waals surface area contributed by atoms with Crippen molar-refractivity contribution in [1.29, 1.82) is 0 Å². The van der Waals surface area contributed by atoms with Crippen molar-refractivity contribution in [3.8, 4) is 0 Å². The Kier molecular flexibility index (Phi) is 6.81. The zero-order chi connectivity index (χ0) is 17.6. The van der Waals surface area contributed by atoms with Gasteiger partial charge in [-0.3, -0.25) is 4.79 Å². The van der Waals surface area contributed by atoms with Crippen LogP contribution in [0.4, 0.5) is 0 Å². The Labute approximate surface area is 145 Å². The predicted octanol–water partition coefficient (Wildman–Crippen LogP) is 3.20. The molecule has 0 radical (unpaired) electrons. The van der Waals surface area contributed by atoms with E-state index in [-0.39, 0.29) is 23.5 Å². The number of hydrogen-bond acceptors (Lipinski definition) is 3. The maximum atomic E-state index is 12.1. The van der Waals surface area contributed by atoms with Crippen LogP contribution in [0.3, 0.4) is 0 Å². The number of carbonyl (C=O) groups excluding carboxylic acids is 1. The molecule has 1 amide bonds. The molecule has 0 aromatic heterocycles. The molecule has 1 saturated carbocycles. The van der Waals surface area contributed by atoms with E-state index in [1.54, 1.807) is 7.11 Å². The molecule has 4 heteroatoms. The monoisotopic (exact) mass is 333 g/mol. The number of nitrogens with one attached hydrogen (secondary N) is 1. The van der Waals surface area contributed by atoms with E-state index in [9.17, 15) is 4.79 Å². The molecule has 1 aromatic carbocycles. The number of carbonyl (C=O) groups is 1. The second-order valence-corrected chi connectivity index (χ2v) is 7.33. The van der Waals surface area contributed by atoms with Gasteiger partial charge in [0.2, 0.25) is 5.91 Å². The number of hydrogen-bond donors (Lipinski definition) is 1. The summed E-state index contributed by atoms with van der Waals surface area (Å²) in [6.07, 6.45) is 2.40. The van der Waals surface area contributed by atoms with Gasteiger partial charge in [0.1, 0.15) is 0 Å². The van der Waals surface area contributed by atoms with E-state index in [0.29, 0.717) is 25.6 Å². The summed E-state index contributed by atoms with van der Waals surface area (Å²) in [5, 5.41) is 3.16. The van der Waals surface area contributed by atoms with Crippen LogP contribution >= 0.6 is 0 Å². The highest BCUT2D eigenvalue weighted by molar-refractivity contribution is 5.76. The second-order valence-electron chi connectivity index (χ2n) is 7.33.